The normalized spacial score (nSPS) is 30.1. The van der Waals surface area contributed by atoms with Crippen molar-refractivity contribution < 1.29 is 19.8 Å². The van der Waals surface area contributed by atoms with Gasteiger partial charge in [-0.2, -0.15) is 0 Å². The lowest BCUT2D eigenvalue weighted by atomic mass is 9.71. The van der Waals surface area contributed by atoms with Gasteiger partial charge in [-0.1, -0.05) is 51.8 Å². The Balaban J connectivity index is 1.93. The number of carbonyl (C=O) groups excluding carboxylic acids is 2. The zero-order valence-electron chi connectivity index (χ0n) is 23.2. The van der Waals surface area contributed by atoms with Gasteiger partial charge in [0.1, 0.15) is 5.78 Å². The van der Waals surface area contributed by atoms with Crippen LogP contribution in [0.5, 0.6) is 0 Å². The van der Waals surface area contributed by atoms with E-state index in [1.165, 1.54) is 5.57 Å². The summed E-state index contributed by atoms with van der Waals surface area (Å²) < 4.78 is 1.11. The molecule has 1 aliphatic heterocycles. The van der Waals surface area contributed by atoms with Gasteiger partial charge in [-0.15, -0.1) is 11.3 Å². The van der Waals surface area contributed by atoms with E-state index in [4.69, 9.17) is 0 Å². The predicted molar refractivity (Wildman–Crippen MR) is 150 cm³/mol. The fraction of sp³-hybridized carbons (Fsp3) is 0.633. The minimum absolute atomic E-state index is 0.0292. The van der Waals surface area contributed by atoms with Gasteiger partial charge in [0.25, 0.3) is 0 Å². The molecular weight excluding hydrogens is 484 g/mol. The first-order chi connectivity index (χ1) is 17.4. The number of aromatic nitrogens is 1. The van der Waals surface area contributed by atoms with E-state index in [2.05, 4.69) is 23.3 Å². The van der Waals surface area contributed by atoms with Crippen molar-refractivity contribution in [3.8, 4) is 0 Å². The number of thiazole rings is 1. The predicted octanol–water partition coefficient (Wildman–Crippen LogP) is 6.04. The van der Waals surface area contributed by atoms with Crippen molar-refractivity contribution in [1.82, 2.24) is 10.3 Å². The van der Waals surface area contributed by atoms with Crippen LogP contribution in [0.1, 0.15) is 96.2 Å². The second kappa shape index (κ2) is 12.6. The Morgan fingerprint density at radius 1 is 1.19 bits per heavy atom. The van der Waals surface area contributed by atoms with Crippen molar-refractivity contribution in [2.45, 2.75) is 105 Å². The van der Waals surface area contributed by atoms with Gasteiger partial charge < -0.3 is 15.5 Å². The zero-order valence-corrected chi connectivity index (χ0v) is 24.0. The van der Waals surface area contributed by atoms with E-state index >= 15 is 0 Å². The van der Waals surface area contributed by atoms with E-state index in [-0.39, 0.29) is 30.1 Å². The number of Topliss-reactive ketones (excluding diaryl/α,β-unsaturated/α-hetero) is 1. The second-order valence-corrected chi connectivity index (χ2v) is 12.7. The van der Waals surface area contributed by atoms with Crippen LogP contribution in [-0.4, -0.2) is 39.1 Å². The molecule has 0 spiro atoms. The number of amides is 1. The van der Waals surface area contributed by atoms with E-state index in [1.54, 1.807) is 25.2 Å². The van der Waals surface area contributed by atoms with E-state index in [1.807, 2.05) is 39.0 Å². The van der Waals surface area contributed by atoms with Gasteiger partial charge in [0.05, 0.1) is 45.3 Å². The Morgan fingerprint density at radius 3 is 2.62 bits per heavy atom. The molecule has 0 bridgehead atoms. The van der Waals surface area contributed by atoms with Crippen LogP contribution in [0.15, 0.2) is 29.8 Å². The van der Waals surface area contributed by atoms with Gasteiger partial charge >= 0.3 is 0 Å². The molecule has 0 saturated heterocycles. The number of benzene rings is 1. The molecule has 5 atom stereocenters. The van der Waals surface area contributed by atoms with Crippen LogP contribution in [0, 0.1) is 24.2 Å². The molecule has 2 heterocycles. The number of rotatable bonds is 3. The molecule has 0 saturated carbocycles. The van der Waals surface area contributed by atoms with Crippen LogP contribution >= 0.6 is 11.3 Å². The number of aliphatic hydroxyl groups excluding tert-OH is 2. The Bertz CT molecular complexity index is 1120. The molecule has 1 aliphatic rings. The van der Waals surface area contributed by atoms with Gasteiger partial charge in [0.2, 0.25) is 5.91 Å². The zero-order chi connectivity index (χ0) is 27.3. The summed E-state index contributed by atoms with van der Waals surface area (Å²) in [4.78, 5) is 31.4. The van der Waals surface area contributed by atoms with Crippen molar-refractivity contribution in [1.29, 1.82) is 0 Å². The topological polar surface area (TPSA) is 99.5 Å². The minimum Gasteiger partial charge on any atom is -0.392 e. The maximum Gasteiger partial charge on any atom is 0.223 e. The number of aryl methyl sites for hydroxylation is 1. The third kappa shape index (κ3) is 7.27. The Hall–Kier alpha value is -2.09. The number of nitrogens with one attached hydrogen (secondary N) is 1. The molecule has 204 valence electrons. The molecule has 1 aromatic carbocycles. The Kier molecular flexibility index (Phi) is 10.1. The average Bonchev–Trinajstić information content (AvgIpc) is 3.22. The number of hydrogen-bond donors (Lipinski definition) is 3. The second-order valence-electron chi connectivity index (χ2n) is 11.4. The molecule has 1 amide bonds. The molecule has 2 aromatic rings. The summed E-state index contributed by atoms with van der Waals surface area (Å²) in [7, 11) is 0. The van der Waals surface area contributed by atoms with Crippen molar-refractivity contribution in [3.63, 3.8) is 0 Å². The molecule has 0 unspecified atom stereocenters. The fourth-order valence-electron chi connectivity index (χ4n) is 5.34. The number of allylic oxidation sites excluding steroid dienone is 1. The lowest BCUT2D eigenvalue weighted by Gasteiger charge is -2.36. The molecule has 3 N–H and O–H groups in total. The highest BCUT2D eigenvalue weighted by atomic mass is 32.1. The first kappa shape index (κ1) is 29.5. The summed E-state index contributed by atoms with van der Waals surface area (Å²) in [6.45, 7) is 11.5. The molecule has 7 heteroatoms. The highest BCUT2D eigenvalue weighted by Gasteiger charge is 2.43. The summed E-state index contributed by atoms with van der Waals surface area (Å²) >= 11 is 1.65. The lowest BCUT2D eigenvalue weighted by molar-refractivity contribution is -0.144. The summed E-state index contributed by atoms with van der Waals surface area (Å²) in [6.07, 6.45) is 4.67. The summed E-state index contributed by atoms with van der Waals surface area (Å²) in [5.41, 5.74) is 1.98. The average molecular weight is 529 g/mol. The summed E-state index contributed by atoms with van der Waals surface area (Å²) in [6, 6.07) is 5.86. The van der Waals surface area contributed by atoms with Crippen molar-refractivity contribution in [2.75, 3.05) is 0 Å². The molecule has 1 aromatic heterocycles. The SMILES string of the molecule is CCC[C@H]1C(=O)C(C)(C)[C@@H](O)CC(=O)N[C@H](c2ccc3sc(C)nc3c2)C/C=C(/C)CCC[C@H](C)[C@@H]1O. The molecule has 0 radical (unpaired) electrons. The first-order valence-corrected chi connectivity index (χ1v) is 14.5. The van der Waals surface area contributed by atoms with Crippen LogP contribution < -0.4 is 5.32 Å². The number of ketones is 1. The van der Waals surface area contributed by atoms with Crippen molar-refractivity contribution >= 4 is 33.2 Å². The van der Waals surface area contributed by atoms with Gasteiger partial charge in [0.15, 0.2) is 0 Å². The molecule has 6 nitrogen and oxygen atoms in total. The van der Waals surface area contributed by atoms with E-state index in [0.29, 0.717) is 12.8 Å². The van der Waals surface area contributed by atoms with Crippen LogP contribution in [0.3, 0.4) is 0 Å². The maximum atomic E-state index is 13.6. The first-order valence-electron chi connectivity index (χ1n) is 13.7. The van der Waals surface area contributed by atoms with Gasteiger partial charge in [-0.05, 0) is 69.6 Å². The van der Waals surface area contributed by atoms with Crippen LogP contribution in [-0.2, 0) is 9.59 Å². The van der Waals surface area contributed by atoms with E-state index < -0.39 is 23.5 Å². The molecular formula is C30H44N2O4S. The highest BCUT2D eigenvalue weighted by molar-refractivity contribution is 7.18. The molecule has 0 fully saturated rings. The third-order valence-corrected chi connectivity index (χ3v) is 8.92. The van der Waals surface area contributed by atoms with Crippen molar-refractivity contribution in [2.24, 2.45) is 17.3 Å². The maximum absolute atomic E-state index is 13.6. The summed E-state index contributed by atoms with van der Waals surface area (Å²) in [5, 5.41) is 26.3. The third-order valence-electron chi connectivity index (χ3n) is 7.97. The van der Waals surface area contributed by atoms with Gasteiger partial charge in [0, 0.05) is 5.92 Å². The number of nitrogens with zero attached hydrogens (tertiary/aromatic N) is 1. The number of carbonyl (C=O) groups is 2. The Labute approximate surface area is 225 Å². The summed E-state index contributed by atoms with van der Waals surface area (Å²) in [5.74, 6) is -1.05. The number of hydrogen-bond acceptors (Lipinski definition) is 6. The van der Waals surface area contributed by atoms with E-state index in [9.17, 15) is 19.8 Å². The minimum atomic E-state index is -1.16. The largest absolute Gasteiger partial charge is 0.392 e. The van der Waals surface area contributed by atoms with Gasteiger partial charge in [-0.25, -0.2) is 4.98 Å². The van der Waals surface area contributed by atoms with Crippen LogP contribution in [0.4, 0.5) is 0 Å². The number of aliphatic hydroxyl groups is 2. The highest BCUT2D eigenvalue weighted by Crippen LogP contribution is 2.34. The standard InChI is InChI=1S/C30H44N2O4S/c1-7-9-22-28(35)19(3)11-8-10-18(2)12-14-23(21-13-15-25-24(16-21)31-20(4)37-25)32-27(34)17-26(33)30(5,6)29(22)36/h12-13,15-16,19,22-23,26,28,33,35H,7-11,14,17H2,1-6H3,(H,32,34)/b18-12-/t19-,22+,23-,26-,28-/m0/s1. The fourth-order valence-corrected chi connectivity index (χ4v) is 6.15. The molecule has 3 rings (SSSR count). The van der Waals surface area contributed by atoms with Crippen molar-refractivity contribution in [3.05, 3.63) is 40.4 Å². The lowest BCUT2D eigenvalue weighted by Crippen LogP contribution is -2.47. The smallest absolute Gasteiger partial charge is 0.223 e. The molecule has 37 heavy (non-hydrogen) atoms. The molecule has 0 aliphatic carbocycles. The quantitative estimate of drug-likeness (QED) is 0.422. The van der Waals surface area contributed by atoms with Gasteiger partial charge in [-0.3, -0.25) is 9.59 Å². The monoisotopic (exact) mass is 528 g/mol. The van der Waals surface area contributed by atoms with Crippen LogP contribution in [0.25, 0.3) is 10.2 Å². The van der Waals surface area contributed by atoms with Crippen LogP contribution in [0.2, 0.25) is 0 Å². The van der Waals surface area contributed by atoms with E-state index in [0.717, 1.165) is 46.5 Å². The number of fused-ring (bicyclic) bond motifs is 1. The Morgan fingerprint density at radius 2 is 1.92 bits per heavy atom.